The smallest absolute Gasteiger partial charge is 0.217 e. The topological polar surface area (TPSA) is 121 Å². The zero-order chi connectivity index (χ0) is 47.4. The van der Waals surface area contributed by atoms with Crippen LogP contribution in [-0.4, -0.2) is 15.1 Å². The van der Waals surface area contributed by atoms with Gasteiger partial charge in [0.1, 0.15) is 18.1 Å². The zero-order valence-electron chi connectivity index (χ0n) is 35.8. The van der Waals surface area contributed by atoms with Crippen LogP contribution in [0.15, 0.2) is 170 Å². The van der Waals surface area contributed by atoms with Crippen molar-refractivity contribution in [2.24, 2.45) is 0 Å². The van der Waals surface area contributed by atoms with E-state index < -0.39 is 17.6 Å². The van der Waals surface area contributed by atoms with Gasteiger partial charge in [-0.1, -0.05) is 145 Å². The first-order chi connectivity index (χ1) is 32.6. The van der Waals surface area contributed by atoms with Gasteiger partial charge >= 0.3 is 0 Å². The van der Waals surface area contributed by atoms with Crippen molar-refractivity contribution in [2.45, 2.75) is 38.9 Å². The molecule has 2 aromatic heterocycles. The van der Waals surface area contributed by atoms with E-state index in [0.29, 0.717) is 29.8 Å². The Labute approximate surface area is 396 Å². The summed E-state index contributed by atoms with van der Waals surface area (Å²) in [6.45, 7) is 0.424. The lowest BCUT2D eigenvalue weighted by Crippen LogP contribution is -2.05. The Hall–Kier alpha value is -7.67. The quantitative estimate of drug-likeness (QED) is 0.107. The maximum absolute atomic E-state index is 15.3. The summed E-state index contributed by atoms with van der Waals surface area (Å²) in [5.74, 6) is -1.83. The number of halogens is 5. The minimum Gasteiger partial charge on any atom is -0.473 e. The van der Waals surface area contributed by atoms with E-state index in [2.05, 4.69) is 9.97 Å². The monoisotopic (exact) mass is 936 g/mol. The first kappa shape index (κ1) is 48.8. The maximum atomic E-state index is 15.3. The molecule has 336 valence electrons. The summed E-state index contributed by atoms with van der Waals surface area (Å²) >= 11 is 12.0. The van der Waals surface area contributed by atoms with Crippen molar-refractivity contribution in [3.05, 3.63) is 242 Å². The molecule has 0 unspecified atom stereocenters. The van der Waals surface area contributed by atoms with Crippen LogP contribution < -0.4 is 14.2 Å². The molecule has 0 saturated heterocycles. The number of nitriles is 2. The molecule has 0 aliphatic heterocycles. The number of hydrogen-bond donors (Lipinski definition) is 1. The lowest BCUT2D eigenvalue weighted by Gasteiger charge is -2.13. The Morgan fingerprint density at radius 3 is 1.34 bits per heavy atom. The van der Waals surface area contributed by atoms with Crippen LogP contribution in [0.2, 0.25) is 10.0 Å². The second kappa shape index (κ2) is 25.1. The summed E-state index contributed by atoms with van der Waals surface area (Å²) in [7, 11) is 0. The van der Waals surface area contributed by atoms with Crippen molar-refractivity contribution in [1.82, 2.24) is 9.97 Å². The molecule has 8 nitrogen and oxygen atoms in total. The second-order valence-corrected chi connectivity index (χ2v) is 15.5. The first-order valence-corrected chi connectivity index (χ1v) is 21.6. The van der Waals surface area contributed by atoms with Crippen LogP contribution in [0.1, 0.15) is 44.8 Å². The fourth-order valence-corrected chi connectivity index (χ4v) is 6.82. The number of aliphatic hydroxyl groups is 1. The third-order valence-electron chi connectivity index (χ3n) is 9.63. The van der Waals surface area contributed by atoms with Gasteiger partial charge in [-0.3, -0.25) is 0 Å². The number of hydrogen-bond acceptors (Lipinski definition) is 8. The summed E-state index contributed by atoms with van der Waals surface area (Å²) in [5.41, 5.74) is 4.79. The van der Waals surface area contributed by atoms with Crippen molar-refractivity contribution in [1.29, 1.82) is 10.5 Å². The van der Waals surface area contributed by atoms with Crippen LogP contribution in [0.3, 0.4) is 0 Å². The van der Waals surface area contributed by atoms with E-state index in [-0.39, 0.29) is 70.5 Å². The van der Waals surface area contributed by atoms with E-state index in [1.807, 2.05) is 133 Å². The van der Waals surface area contributed by atoms with Crippen molar-refractivity contribution < 1.29 is 32.5 Å². The van der Waals surface area contributed by atoms with Gasteiger partial charge in [0.15, 0.2) is 23.1 Å². The van der Waals surface area contributed by atoms with E-state index in [4.69, 9.17) is 47.8 Å². The van der Waals surface area contributed by atoms with Crippen LogP contribution in [0, 0.1) is 40.2 Å². The average Bonchev–Trinajstić information content (AvgIpc) is 3.35. The van der Waals surface area contributed by atoms with E-state index in [0.717, 1.165) is 28.3 Å². The highest BCUT2D eigenvalue weighted by molar-refractivity contribution is 6.31. The molecule has 67 heavy (non-hydrogen) atoms. The van der Waals surface area contributed by atoms with Gasteiger partial charge in [-0.15, -0.1) is 0 Å². The van der Waals surface area contributed by atoms with Gasteiger partial charge in [0.25, 0.3) is 0 Å². The number of ether oxygens (including phenoxy) is 3. The van der Waals surface area contributed by atoms with Crippen LogP contribution in [-0.2, 0) is 38.9 Å². The fourth-order valence-electron chi connectivity index (χ4n) is 6.37. The molecule has 0 fully saturated rings. The molecule has 0 saturated carbocycles. The van der Waals surface area contributed by atoms with Crippen molar-refractivity contribution in [2.75, 3.05) is 0 Å². The molecule has 0 amide bonds. The Balaban J connectivity index is 0.000000193. The third-order valence-corrected chi connectivity index (χ3v) is 10.1. The molecular weight excluding hydrogens is 897 g/mol. The minimum atomic E-state index is -0.841. The average molecular weight is 938 g/mol. The Kier molecular flexibility index (Phi) is 18.3. The predicted octanol–water partition coefficient (Wildman–Crippen LogP) is 13.5. The molecule has 13 heteroatoms. The summed E-state index contributed by atoms with van der Waals surface area (Å²) in [6, 6.07) is 53.4. The Bertz CT molecular complexity index is 2940. The van der Waals surface area contributed by atoms with E-state index in [1.54, 1.807) is 0 Å². The number of benzene rings is 6. The standard InChI is InChI=1S/C27H20ClFN2O2.C20H13ClF2N2O.C7H8O/c28-22-13-21(17-30)14-23(15-22)33-25-16-26(32-18-20-9-5-2-6-10-20)31-24(27(25)29)12-11-19-7-3-1-4-8-19;21-15-8-14(12-24)9-16(10-15)26-18-11-19(22)25-17(20(18)23)7-6-13-4-2-1-3-5-13;8-6-7-4-2-1-3-5-7/h1-10,13-16H,11-12,18H2;1-5,8-11H,6-7H2;1-5,8H,6H2. The number of aliphatic hydroxyl groups excluding tert-OH is 1. The minimum absolute atomic E-state index is 0.0219. The molecule has 8 aromatic rings. The molecule has 0 aliphatic carbocycles. The molecule has 0 spiro atoms. The van der Waals surface area contributed by atoms with Gasteiger partial charge in [0, 0.05) is 22.2 Å². The predicted molar refractivity (Wildman–Crippen MR) is 252 cm³/mol. The summed E-state index contributed by atoms with van der Waals surface area (Å²) < 4.78 is 60.9. The first-order valence-electron chi connectivity index (χ1n) is 20.8. The van der Waals surface area contributed by atoms with Crippen molar-refractivity contribution in [3.8, 4) is 41.0 Å². The normalized spacial score (nSPS) is 10.3. The zero-order valence-corrected chi connectivity index (χ0v) is 37.3. The second-order valence-electron chi connectivity index (χ2n) is 14.6. The molecule has 0 radical (unpaired) electrons. The highest BCUT2D eigenvalue weighted by atomic mass is 35.5. The molecule has 0 atom stereocenters. The van der Waals surface area contributed by atoms with Gasteiger partial charge in [0.2, 0.25) is 11.8 Å². The van der Waals surface area contributed by atoms with Gasteiger partial charge in [-0.2, -0.15) is 14.9 Å². The lowest BCUT2D eigenvalue weighted by molar-refractivity contribution is 0.282. The highest BCUT2D eigenvalue weighted by Crippen LogP contribution is 2.33. The summed E-state index contributed by atoms with van der Waals surface area (Å²) in [4.78, 5) is 8.04. The lowest BCUT2D eigenvalue weighted by atomic mass is 10.1. The molecule has 6 aromatic carbocycles. The number of rotatable bonds is 14. The Morgan fingerprint density at radius 1 is 0.493 bits per heavy atom. The highest BCUT2D eigenvalue weighted by Gasteiger charge is 2.18. The molecule has 0 bridgehead atoms. The van der Waals surface area contributed by atoms with Gasteiger partial charge in [-0.05, 0) is 84.3 Å². The van der Waals surface area contributed by atoms with E-state index in [9.17, 15) is 14.0 Å². The van der Waals surface area contributed by atoms with Crippen molar-refractivity contribution >= 4 is 23.2 Å². The summed E-state index contributed by atoms with van der Waals surface area (Å²) in [6.07, 6.45) is 1.72. The van der Waals surface area contributed by atoms with Crippen molar-refractivity contribution in [3.63, 3.8) is 0 Å². The van der Waals surface area contributed by atoms with Crippen LogP contribution in [0.5, 0.6) is 28.9 Å². The molecule has 8 rings (SSSR count). The molecule has 0 aliphatic rings. The molecular formula is C54H41Cl2F3N4O4. The van der Waals surface area contributed by atoms with Crippen LogP contribution >= 0.6 is 23.2 Å². The number of aryl methyl sites for hydroxylation is 4. The van der Waals surface area contributed by atoms with Gasteiger partial charge < -0.3 is 19.3 Å². The van der Waals surface area contributed by atoms with Crippen LogP contribution in [0.25, 0.3) is 0 Å². The fraction of sp³-hybridized carbons (Fsp3) is 0.111. The maximum Gasteiger partial charge on any atom is 0.217 e. The number of aromatic nitrogens is 2. The van der Waals surface area contributed by atoms with Gasteiger partial charge in [-0.25, -0.2) is 18.7 Å². The molecule has 2 heterocycles. The van der Waals surface area contributed by atoms with Gasteiger partial charge in [0.05, 0.1) is 41.3 Å². The van der Waals surface area contributed by atoms with E-state index in [1.165, 1.54) is 42.5 Å². The number of pyridine rings is 2. The number of nitrogens with zero attached hydrogens (tertiary/aromatic N) is 4. The van der Waals surface area contributed by atoms with Crippen LogP contribution in [0.4, 0.5) is 13.2 Å². The third kappa shape index (κ3) is 15.5. The summed E-state index contributed by atoms with van der Waals surface area (Å²) in [5, 5.41) is 27.3. The SMILES string of the molecule is N#Cc1cc(Cl)cc(Oc2cc(F)nc(CCc3ccccc3)c2F)c1.N#Cc1cc(Cl)cc(Oc2cc(OCc3ccccc3)nc(CCc3ccccc3)c2F)c1.OCc1ccccc1. The van der Waals surface area contributed by atoms with E-state index >= 15 is 4.39 Å². The largest absolute Gasteiger partial charge is 0.473 e. The molecule has 1 N–H and O–H groups in total. The Morgan fingerprint density at radius 2 is 0.910 bits per heavy atom.